The van der Waals surface area contributed by atoms with Crippen LogP contribution in [0.15, 0.2) is 205 Å². The highest BCUT2D eigenvalue weighted by Gasteiger charge is 2.40. The van der Waals surface area contributed by atoms with Crippen molar-refractivity contribution in [2.24, 2.45) is 0 Å². The first-order valence-corrected chi connectivity index (χ1v) is 25.5. The number of phenolic OH excluding ortho intramolecular Hbond substituents is 1. The SMILES string of the molecule is C=C(C)C(=O)OCC(COC(=O)CCC)Oc1cccc2c(N(c3ccc(OCCCCC)cc3)c3ccc(C4=C(O)C(=C5C=CC(=[N+](c6ccccc6)c6cccc7ccccc67)C=C5O)C4=O)c(O)c3)cccc12. The number of anilines is 3. The molecule has 2 aliphatic carbocycles. The van der Waals surface area contributed by atoms with Crippen LogP contribution in [0.3, 0.4) is 0 Å². The number of hydrogen-bond acceptors (Lipinski definition) is 11. The van der Waals surface area contributed by atoms with Crippen LogP contribution in [0.2, 0.25) is 0 Å². The van der Waals surface area contributed by atoms with Gasteiger partial charge in [-0.25, -0.2) is 4.79 Å². The lowest BCUT2D eigenvalue weighted by atomic mass is 9.79. The van der Waals surface area contributed by atoms with Crippen LogP contribution in [0.5, 0.6) is 17.2 Å². The second kappa shape index (κ2) is 23.4. The van der Waals surface area contributed by atoms with Gasteiger partial charge in [0.25, 0.3) is 0 Å². The highest BCUT2D eigenvalue weighted by atomic mass is 16.6. The first kappa shape index (κ1) is 51.7. The van der Waals surface area contributed by atoms with Gasteiger partial charge in [-0.3, -0.25) is 9.59 Å². The smallest absolute Gasteiger partial charge is 0.333 e. The molecule has 0 amide bonds. The zero-order valence-electron chi connectivity index (χ0n) is 42.7. The molecule has 7 aromatic carbocycles. The molecule has 0 heterocycles. The zero-order chi connectivity index (χ0) is 53.3. The fraction of sp³-hybridized carbons (Fsp3) is 0.188. The van der Waals surface area contributed by atoms with Crippen molar-refractivity contribution in [3.63, 3.8) is 0 Å². The molecule has 0 fully saturated rings. The van der Waals surface area contributed by atoms with E-state index in [0.717, 1.165) is 46.8 Å². The highest BCUT2D eigenvalue weighted by Crippen LogP contribution is 2.47. The van der Waals surface area contributed by atoms with E-state index >= 15 is 0 Å². The number of para-hydroxylation sites is 1. The van der Waals surface area contributed by atoms with Gasteiger partial charge in [-0.2, -0.15) is 4.58 Å². The molecule has 3 N–H and O–H groups in total. The van der Waals surface area contributed by atoms with Gasteiger partial charge in [0.1, 0.15) is 42.0 Å². The topological polar surface area (TPSA) is 155 Å². The summed E-state index contributed by atoms with van der Waals surface area (Å²) in [7, 11) is 0. The summed E-state index contributed by atoms with van der Waals surface area (Å²) >= 11 is 0. The molecule has 0 bridgehead atoms. The van der Waals surface area contributed by atoms with Crippen LogP contribution in [0.1, 0.15) is 58.4 Å². The number of aromatic hydroxyl groups is 1. The normalized spacial score (nSPS) is 15.2. The van der Waals surface area contributed by atoms with E-state index in [1.54, 1.807) is 43.4 Å². The number of hydrogen-bond donors (Lipinski definition) is 3. The first-order valence-electron chi connectivity index (χ1n) is 25.5. The molecular formula is C64H59N2O10+. The van der Waals surface area contributed by atoms with Crippen LogP contribution >= 0.6 is 0 Å². The molecule has 76 heavy (non-hydrogen) atoms. The maximum Gasteiger partial charge on any atom is 0.333 e. The number of carbonyl (C=O) groups excluding carboxylic acids is 3. The third kappa shape index (κ3) is 11.0. The van der Waals surface area contributed by atoms with Crippen molar-refractivity contribution >= 4 is 79.0 Å². The predicted octanol–water partition coefficient (Wildman–Crippen LogP) is 14.1. The molecule has 0 aromatic heterocycles. The van der Waals surface area contributed by atoms with Gasteiger partial charge in [0.05, 0.1) is 34.9 Å². The van der Waals surface area contributed by atoms with E-state index in [4.69, 9.17) is 18.9 Å². The Morgan fingerprint density at radius 2 is 1.39 bits per heavy atom. The van der Waals surface area contributed by atoms with Crippen molar-refractivity contribution in [2.45, 2.75) is 59.0 Å². The summed E-state index contributed by atoms with van der Waals surface area (Å²) in [5, 5.41) is 38.7. The summed E-state index contributed by atoms with van der Waals surface area (Å²) < 4.78 is 25.6. The molecule has 7 aromatic rings. The van der Waals surface area contributed by atoms with Gasteiger partial charge in [-0.05, 0) is 85.8 Å². The molecule has 384 valence electrons. The number of ketones is 1. The number of unbranched alkanes of at least 4 members (excludes halogenated alkanes) is 2. The summed E-state index contributed by atoms with van der Waals surface area (Å²) in [6.45, 7) is 9.44. The van der Waals surface area contributed by atoms with E-state index in [1.807, 2.05) is 144 Å². The molecule has 0 saturated heterocycles. The molecule has 0 spiro atoms. The number of nitrogens with zero attached hydrogens (tertiary/aromatic N) is 2. The van der Waals surface area contributed by atoms with Gasteiger partial charge in [-0.15, -0.1) is 0 Å². The predicted molar refractivity (Wildman–Crippen MR) is 300 cm³/mol. The lowest BCUT2D eigenvalue weighted by molar-refractivity contribution is -0.149. The largest absolute Gasteiger partial charge is 0.507 e. The average Bonchev–Trinajstić information content (AvgIpc) is 3.44. The second-order valence-electron chi connectivity index (χ2n) is 18.6. The van der Waals surface area contributed by atoms with E-state index in [-0.39, 0.29) is 64.8 Å². The number of phenols is 1. The van der Waals surface area contributed by atoms with Gasteiger partial charge >= 0.3 is 11.9 Å². The molecule has 0 radical (unpaired) electrons. The minimum atomic E-state index is -0.851. The van der Waals surface area contributed by atoms with E-state index in [0.29, 0.717) is 52.7 Å². The molecule has 12 nitrogen and oxygen atoms in total. The monoisotopic (exact) mass is 1020 g/mol. The quantitative estimate of drug-likeness (QED) is 0.0289. The van der Waals surface area contributed by atoms with Gasteiger partial charge < -0.3 is 39.2 Å². The number of Topliss-reactive ketones (excluding diaryl/α,β-unsaturated/α-hetero) is 1. The van der Waals surface area contributed by atoms with Gasteiger partial charge in [0.2, 0.25) is 22.9 Å². The van der Waals surface area contributed by atoms with Crippen LogP contribution in [0, 0.1) is 0 Å². The number of carbonyl (C=O) groups is 3. The van der Waals surface area contributed by atoms with Gasteiger partial charge in [-0.1, -0.05) is 106 Å². The number of esters is 2. The van der Waals surface area contributed by atoms with Crippen molar-refractivity contribution in [1.29, 1.82) is 0 Å². The first-order chi connectivity index (χ1) is 36.9. The Bertz CT molecular complexity index is 3530. The van der Waals surface area contributed by atoms with Crippen molar-refractivity contribution in [2.75, 3.05) is 24.7 Å². The Balaban J connectivity index is 1.07. The van der Waals surface area contributed by atoms with E-state index in [1.165, 1.54) is 6.07 Å². The summed E-state index contributed by atoms with van der Waals surface area (Å²) in [5.41, 5.74) is 4.62. The molecule has 12 heteroatoms. The maximum atomic E-state index is 14.2. The fourth-order valence-corrected chi connectivity index (χ4v) is 9.32. The van der Waals surface area contributed by atoms with Crippen molar-refractivity contribution in [1.82, 2.24) is 4.58 Å². The van der Waals surface area contributed by atoms with Crippen molar-refractivity contribution in [3.8, 4) is 17.2 Å². The van der Waals surface area contributed by atoms with E-state index in [9.17, 15) is 29.7 Å². The van der Waals surface area contributed by atoms with Crippen LogP contribution in [-0.4, -0.2) is 64.7 Å². The third-order valence-electron chi connectivity index (χ3n) is 13.1. The average molecular weight is 1020 g/mol. The van der Waals surface area contributed by atoms with E-state index in [2.05, 4.69) is 13.5 Å². The molecule has 0 aliphatic heterocycles. The molecule has 2 aliphatic rings. The fourth-order valence-electron chi connectivity index (χ4n) is 9.32. The third-order valence-corrected chi connectivity index (χ3v) is 13.1. The summed E-state index contributed by atoms with van der Waals surface area (Å²) in [4.78, 5) is 41.0. The lowest BCUT2D eigenvalue weighted by Gasteiger charge is -2.29. The van der Waals surface area contributed by atoms with Gasteiger partial charge in [0, 0.05) is 75.6 Å². The van der Waals surface area contributed by atoms with Crippen LogP contribution in [0.4, 0.5) is 28.4 Å². The van der Waals surface area contributed by atoms with E-state index < -0.39 is 23.8 Å². The van der Waals surface area contributed by atoms with Crippen LogP contribution < -0.4 is 18.9 Å². The zero-order valence-corrected chi connectivity index (χ0v) is 42.7. The number of allylic oxidation sites excluding steroid dienone is 5. The Morgan fingerprint density at radius 3 is 2.13 bits per heavy atom. The molecule has 1 atom stereocenters. The lowest BCUT2D eigenvalue weighted by Crippen LogP contribution is -2.31. The molecule has 0 saturated carbocycles. The number of ether oxygens (including phenoxy) is 4. The Kier molecular flexibility index (Phi) is 15.9. The minimum absolute atomic E-state index is 0.0679. The Hall–Kier alpha value is -9.16. The van der Waals surface area contributed by atoms with Crippen molar-refractivity contribution in [3.05, 3.63) is 210 Å². The van der Waals surface area contributed by atoms with Crippen LogP contribution in [0.25, 0.3) is 27.1 Å². The number of rotatable bonds is 20. The summed E-state index contributed by atoms with van der Waals surface area (Å²) in [6, 6.07) is 47.6. The standard InChI is InChI=1S/C64H58N2O10/c1-5-7-13-36-73-47-32-28-44(29-33-47)66(55-26-15-24-51-50(55)23-16-27-58(51)76-48(39-74-59(69)17-6-2)40-75-64(72)41(3)4)46-31-35-53(57(68)38-46)61-62(70)60(63(61)71)52-34-30-45(37-56(52)67)65(43-20-9-8-10-21-43)54-25-14-19-42-18-11-12-22-49(42)54/h8-12,14-16,18-35,37-38,48H,3,5-7,13,17,36,39-40H2,1-2,4H3,(H2,67,68,70,71)/p+1. The number of aliphatic hydroxyl groups is 2. The Morgan fingerprint density at radius 1 is 0.697 bits per heavy atom. The highest BCUT2D eigenvalue weighted by molar-refractivity contribution is 6.40. The van der Waals surface area contributed by atoms with Crippen LogP contribution in [-0.2, 0) is 23.9 Å². The minimum Gasteiger partial charge on any atom is -0.507 e. The van der Waals surface area contributed by atoms with Gasteiger partial charge in [0.15, 0.2) is 6.10 Å². The molecular weight excluding hydrogens is 957 g/mol. The number of fused-ring (bicyclic) bond motifs is 2. The van der Waals surface area contributed by atoms with Crippen molar-refractivity contribution < 1.29 is 48.7 Å². The molecule has 1 unspecified atom stereocenters. The summed E-state index contributed by atoms with van der Waals surface area (Å²) in [6.07, 6.45) is 8.03. The second-order valence-corrected chi connectivity index (χ2v) is 18.6. The maximum absolute atomic E-state index is 14.2. The summed E-state index contributed by atoms with van der Waals surface area (Å²) in [5.74, 6) is -1.24. The number of benzene rings is 7. The number of aliphatic hydroxyl groups excluding tert-OH is 2. The molecule has 9 rings (SSSR count). The Labute approximate surface area is 441 Å².